The third-order valence-electron chi connectivity index (χ3n) is 2.57. The van der Waals surface area contributed by atoms with Crippen LogP contribution in [0.4, 0.5) is 4.79 Å². The number of ether oxygens (including phenoxy) is 1. The van der Waals surface area contributed by atoms with Crippen molar-refractivity contribution in [2.24, 2.45) is 0 Å². The standard InChI is InChI=1S/C11H15N3O2/c1-12-6-10-8-16-11(15)14(10)7-9-4-2-3-5-13-9/h2-5,10,12H,6-8H2,1H3. The van der Waals surface area contributed by atoms with Crippen molar-refractivity contribution >= 4 is 6.09 Å². The third kappa shape index (κ3) is 2.30. The van der Waals surface area contributed by atoms with Crippen LogP contribution >= 0.6 is 0 Å². The van der Waals surface area contributed by atoms with Crippen molar-refractivity contribution in [3.05, 3.63) is 30.1 Å². The molecule has 1 N–H and O–H groups in total. The van der Waals surface area contributed by atoms with Gasteiger partial charge in [-0.05, 0) is 19.2 Å². The van der Waals surface area contributed by atoms with Crippen LogP contribution in [0.2, 0.25) is 0 Å². The van der Waals surface area contributed by atoms with Gasteiger partial charge in [-0.25, -0.2) is 4.79 Å². The number of carbonyl (C=O) groups excluding carboxylic acids is 1. The van der Waals surface area contributed by atoms with Crippen LogP contribution in [0.5, 0.6) is 0 Å². The van der Waals surface area contributed by atoms with Crippen LogP contribution in [0.3, 0.4) is 0 Å². The number of pyridine rings is 1. The average molecular weight is 221 g/mol. The SMILES string of the molecule is CNCC1COC(=O)N1Cc1ccccn1. The Morgan fingerprint density at radius 3 is 3.19 bits per heavy atom. The second kappa shape index (κ2) is 4.94. The minimum absolute atomic E-state index is 0.0968. The molecule has 0 aliphatic carbocycles. The van der Waals surface area contributed by atoms with Gasteiger partial charge in [0.2, 0.25) is 0 Å². The molecular formula is C11H15N3O2. The number of hydrogen-bond donors (Lipinski definition) is 1. The molecule has 2 heterocycles. The van der Waals surface area contributed by atoms with E-state index in [4.69, 9.17) is 4.74 Å². The molecule has 86 valence electrons. The summed E-state index contributed by atoms with van der Waals surface area (Å²) in [6.07, 6.45) is 1.47. The Morgan fingerprint density at radius 1 is 1.62 bits per heavy atom. The second-order valence-corrected chi connectivity index (χ2v) is 3.74. The van der Waals surface area contributed by atoms with E-state index < -0.39 is 0 Å². The highest BCUT2D eigenvalue weighted by molar-refractivity contribution is 5.70. The van der Waals surface area contributed by atoms with Crippen LogP contribution in [0.15, 0.2) is 24.4 Å². The van der Waals surface area contributed by atoms with E-state index in [-0.39, 0.29) is 12.1 Å². The predicted molar refractivity (Wildman–Crippen MR) is 58.8 cm³/mol. The van der Waals surface area contributed by atoms with Gasteiger partial charge in [-0.3, -0.25) is 9.88 Å². The minimum atomic E-state index is -0.258. The monoisotopic (exact) mass is 221 g/mol. The van der Waals surface area contributed by atoms with Gasteiger partial charge in [-0.2, -0.15) is 0 Å². The smallest absolute Gasteiger partial charge is 0.410 e. The molecule has 0 bridgehead atoms. The first kappa shape index (κ1) is 10.9. The maximum atomic E-state index is 11.5. The molecule has 5 nitrogen and oxygen atoms in total. The van der Waals surface area contributed by atoms with Crippen molar-refractivity contribution in [2.45, 2.75) is 12.6 Å². The third-order valence-corrected chi connectivity index (χ3v) is 2.57. The van der Waals surface area contributed by atoms with Gasteiger partial charge in [0.05, 0.1) is 18.3 Å². The largest absolute Gasteiger partial charge is 0.447 e. The molecule has 0 radical (unpaired) electrons. The first-order chi connectivity index (χ1) is 7.81. The zero-order chi connectivity index (χ0) is 11.4. The number of cyclic esters (lactones) is 1. The average Bonchev–Trinajstić information content (AvgIpc) is 2.64. The number of hydrogen-bond acceptors (Lipinski definition) is 4. The number of aromatic nitrogens is 1. The Balaban J connectivity index is 2.04. The van der Waals surface area contributed by atoms with Crippen LogP contribution in [-0.4, -0.2) is 42.2 Å². The Hall–Kier alpha value is -1.62. The normalized spacial score (nSPS) is 19.9. The van der Waals surface area contributed by atoms with E-state index in [2.05, 4.69) is 10.3 Å². The van der Waals surface area contributed by atoms with E-state index in [1.807, 2.05) is 25.2 Å². The van der Waals surface area contributed by atoms with Crippen molar-refractivity contribution in [1.29, 1.82) is 0 Å². The number of rotatable bonds is 4. The lowest BCUT2D eigenvalue weighted by Gasteiger charge is -2.20. The van der Waals surface area contributed by atoms with Gasteiger partial charge < -0.3 is 10.1 Å². The van der Waals surface area contributed by atoms with E-state index in [0.29, 0.717) is 13.2 Å². The quantitative estimate of drug-likeness (QED) is 0.810. The molecule has 1 aliphatic rings. The summed E-state index contributed by atoms with van der Waals surface area (Å²) in [5.74, 6) is 0. The summed E-state index contributed by atoms with van der Waals surface area (Å²) in [4.78, 5) is 17.4. The molecule has 1 fully saturated rings. The number of carbonyl (C=O) groups is 1. The molecule has 1 aromatic rings. The molecule has 1 aliphatic heterocycles. The second-order valence-electron chi connectivity index (χ2n) is 3.74. The Morgan fingerprint density at radius 2 is 2.50 bits per heavy atom. The molecule has 0 saturated carbocycles. The van der Waals surface area contributed by atoms with Gasteiger partial charge in [0, 0.05) is 12.7 Å². The lowest BCUT2D eigenvalue weighted by atomic mass is 10.2. The van der Waals surface area contributed by atoms with E-state index in [0.717, 1.165) is 12.2 Å². The van der Waals surface area contributed by atoms with E-state index in [1.165, 1.54) is 0 Å². The van der Waals surface area contributed by atoms with E-state index >= 15 is 0 Å². The molecule has 1 saturated heterocycles. The Bertz CT molecular complexity index is 356. The molecule has 5 heteroatoms. The van der Waals surface area contributed by atoms with E-state index in [9.17, 15) is 4.79 Å². The summed E-state index contributed by atoms with van der Waals surface area (Å²) in [6, 6.07) is 5.77. The fourth-order valence-corrected chi connectivity index (χ4v) is 1.75. The summed E-state index contributed by atoms with van der Waals surface area (Å²) in [7, 11) is 1.86. The Labute approximate surface area is 94.4 Å². The summed E-state index contributed by atoms with van der Waals surface area (Å²) in [5, 5.41) is 3.05. The van der Waals surface area contributed by atoms with Crippen LogP contribution < -0.4 is 5.32 Å². The molecule has 1 unspecified atom stereocenters. The Kier molecular flexibility index (Phi) is 3.36. The molecule has 0 aromatic carbocycles. The number of amides is 1. The van der Waals surface area contributed by atoms with Crippen LogP contribution in [-0.2, 0) is 11.3 Å². The van der Waals surface area contributed by atoms with Gasteiger partial charge in [-0.1, -0.05) is 6.07 Å². The molecular weight excluding hydrogens is 206 g/mol. The van der Waals surface area contributed by atoms with Gasteiger partial charge in [0.25, 0.3) is 0 Å². The molecule has 1 aromatic heterocycles. The van der Waals surface area contributed by atoms with Crippen molar-refractivity contribution in [3.8, 4) is 0 Å². The minimum Gasteiger partial charge on any atom is -0.447 e. The highest BCUT2D eigenvalue weighted by Crippen LogP contribution is 2.14. The lowest BCUT2D eigenvalue weighted by molar-refractivity contribution is 0.155. The van der Waals surface area contributed by atoms with E-state index in [1.54, 1.807) is 11.1 Å². The first-order valence-corrected chi connectivity index (χ1v) is 5.29. The van der Waals surface area contributed by atoms with Crippen molar-refractivity contribution < 1.29 is 9.53 Å². The van der Waals surface area contributed by atoms with Gasteiger partial charge in [0.1, 0.15) is 6.61 Å². The zero-order valence-electron chi connectivity index (χ0n) is 9.22. The van der Waals surface area contributed by atoms with Crippen molar-refractivity contribution in [1.82, 2.24) is 15.2 Å². The first-order valence-electron chi connectivity index (χ1n) is 5.29. The summed E-state index contributed by atoms with van der Waals surface area (Å²) in [6.45, 7) is 1.69. The summed E-state index contributed by atoms with van der Waals surface area (Å²) in [5.41, 5.74) is 0.877. The van der Waals surface area contributed by atoms with Gasteiger partial charge in [-0.15, -0.1) is 0 Å². The maximum absolute atomic E-state index is 11.5. The number of likely N-dealkylation sites (N-methyl/N-ethyl adjacent to an activating group) is 1. The highest BCUT2D eigenvalue weighted by atomic mass is 16.6. The molecule has 0 spiro atoms. The maximum Gasteiger partial charge on any atom is 0.410 e. The summed E-state index contributed by atoms with van der Waals surface area (Å²) < 4.78 is 5.02. The number of nitrogens with one attached hydrogen (secondary N) is 1. The van der Waals surface area contributed by atoms with Gasteiger partial charge in [0.15, 0.2) is 0 Å². The molecule has 1 atom stereocenters. The van der Waals surface area contributed by atoms with Crippen LogP contribution in [0.25, 0.3) is 0 Å². The lowest BCUT2D eigenvalue weighted by Crippen LogP contribution is -2.39. The van der Waals surface area contributed by atoms with Gasteiger partial charge >= 0.3 is 6.09 Å². The zero-order valence-corrected chi connectivity index (χ0v) is 9.22. The van der Waals surface area contributed by atoms with Crippen molar-refractivity contribution in [2.75, 3.05) is 20.2 Å². The highest BCUT2D eigenvalue weighted by Gasteiger charge is 2.32. The molecule has 1 amide bonds. The van der Waals surface area contributed by atoms with Crippen LogP contribution in [0.1, 0.15) is 5.69 Å². The molecule has 2 rings (SSSR count). The fraction of sp³-hybridized carbons (Fsp3) is 0.455. The number of nitrogens with zero attached hydrogens (tertiary/aromatic N) is 2. The fourth-order valence-electron chi connectivity index (χ4n) is 1.75. The van der Waals surface area contributed by atoms with Crippen LogP contribution in [0, 0.1) is 0 Å². The summed E-state index contributed by atoms with van der Waals surface area (Å²) >= 11 is 0. The topological polar surface area (TPSA) is 54.5 Å². The van der Waals surface area contributed by atoms with Crippen molar-refractivity contribution in [3.63, 3.8) is 0 Å². The predicted octanol–water partition coefficient (Wildman–Crippen LogP) is 0.622. The molecule has 16 heavy (non-hydrogen) atoms.